The van der Waals surface area contributed by atoms with Gasteiger partial charge in [0, 0.05) is 16.7 Å². The molecule has 0 aliphatic heterocycles. The van der Waals surface area contributed by atoms with E-state index in [0.29, 0.717) is 11.5 Å². The number of nitrogens with zero attached hydrogens (tertiary/aromatic N) is 1. The number of rotatable bonds is 2. The maximum absolute atomic E-state index is 4.27. The average molecular weight is 241 g/mol. The summed E-state index contributed by atoms with van der Waals surface area (Å²) in [6.45, 7) is 4.53. The smallest absolute Gasteiger partial charge is 0.126 e. The third-order valence-electron chi connectivity index (χ3n) is 2.56. The van der Waals surface area contributed by atoms with Crippen molar-refractivity contribution in [1.82, 2.24) is 4.98 Å². The summed E-state index contributed by atoms with van der Waals surface area (Å²) in [4.78, 5) is 4.27. The fourth-order valence-electron chi connectivity index (χ4n) is 1.35. The first-order valence-electron chi connectivity index (χ1n) is 4.46. The lowest BCUT2D eigenvalue weighted by Gasteiger charge is -2.06. The van der Waals surface area contributed by atoms with Gasteiger partial charge in [-0.2, -0.15) is 0 Å². The van der Waals surface area contributed by atoms with E-state index in [1.54, 1.807) is 0 Å². The zero-order chi connectivity index (χ0) is 9.47. The molecule has 0 amide bonds. The van der Waals surface area contributed by atoms with Crippen LogP contribution in [0.4, 0.5) is 5.82 Å². The lowest BCUT2D eigenvalue weighted by Crippen LogP contribution is -2.09. The van der Waals surface area contributed by atoms with E-state index in [2.05, 4.69) is 40.1 Å². The molecule has 13 heavy (non-hydrogen) atoms. The van der Waals surface area contributed by atoms with E-state index in [-0.39, 0.29) is 0 Å². The summed E-state index contributed by atoms with van der Waals surface area (Å²) in [7, 11) is 0. The summed E-state index contributed by atoms with van der Waals surface area (Å²) >= 11 is 3.36. The highest BCUT2D eigenvalue weighted by atomic mass is 79.9. The summed E-state index contributed by atoms with van der Waals surface area (Å²) in [5.74, 6) is 0.971. The van der Waals surface area contributed by atoms with E-state index in [1.807, 2.05) is 18.3 Å². The Morgan fingerprint density at radius 2 is 2.23 bits per heavy atom. The minimum atomic E-state index is 0.453. The van der Waals surface area contributed by atoms with Crippen LogP contribution in [0.3, 0.4) is 0 Å². The summed E-state index contributed by atoms with van der Waals surface area (Å²) in [6.07, 6.45) is 3.06. The van der Waals surface area contributed by atoms with Gasteiger partial charge in [0.05, 0.1) is 0 Å². The predicted molar refractivity (Wildman–Crippen MR) is 57.7 cm³/mol. The first-order chi connectivity index (χ1) is 6.08. The summed E-state index contributed by atoms with van der Waals surface area (Å²) in [5.41, 5.74) is 0.453. The van der Waals surface area contributed by atoms with Gasteiger partial charge >= 0.3 is 0 Å². The Morgan fingerprint density at radius 1 is 1.54 bits per heavy atom. The van der Waals surface area contributed by atoms with Gasteiger partial charge in [-0.15, -0.1) is 0 Å². The van der Waals surface area contributed by atoms with Crippen LogP contribution in [0.15, 0.2) is 22.8 Å². The predicted octanol–water partition coefficient (Wildman–Crippen LogP) is 3.05. The second kappa shape index (κ2) is 2.98. The zero-order valence-corrected chi connectivity index (χ0v) is 9.43. The summed E-state index contributed by atoms with van der Waals surface area (Å²) in [5, 5.41) is 3.40. The van der Waals surface area contributed by atoms with Gasteiger partial charge in [0.15, 0.2) is 0 Å². The SMILES string of the molecule is CC1(C)CC1Nc1ccc(Br)cn1. The second-order valence-electron chi connectivity index (χ2n) is 4.25. The van der Waals surface area contributed by atoms with Crippen molar-refractivity contribution in [2.75, 3.05) is 5.32 Å². The molecule has 70 valence electrons. The average Bonchev–Trinajstić information content (AvgIpc) is 2.64. The van der Waals surface area contributed by atoms with Crippen molar-refractivity contribution in [3.05, 3.63) is 22.8 Å². The first-order valence-corrected chi connectivity index (χ1v) is 5.25. The van der Waals surface area contributed by atoms with E-state index in [0.717, 1.165) is 10.3 Å². The number of anilines is 1. The lowest BCUT2D eigenvalue weighted by atomic mass is 10.2. The summed E-state index contributed by atoms with van der Waals surface area (Å²) < 4.78 is 1.02. The lowest BCUT2D eigenvalue weighted by molar-refractivity contribution is 0.630. The van der Waals surface area contributed by atoms with Gasteiger partial charge < -0.3 is 5.32 Å². The molecule has 0 saturated heterocycles. The van der Waals surface area contributed by atoms with Crippen molar-refractivity contribution in [1.29, 1.82) is 0 Å². The van der Waals surface area contributed by atoms with Gasteiger partial charge in [-0.1, -0.05) is 13.8 Å². The molecule has 1 unspecified atom stereocenters. The largest absolute Gasteiger partial charge is 0.367 e. The van der Waals surface area contributed by atoms with E-state index in [9.17, 15) is 0 Å². The Bertz CT molecular complexity index is 305. The van der Waals surface area contributed by atoms with E-state index < -0.39 is 0 Å². The highest BCUT2D eigenvalue weighted by molar-refractivity contribution is 9.10. The highest BCUT2D eigenvalue weighted by Crippen LogP contribution is 2.46. The monoisotopic (exact) mass is 240 g/mol. The van der Waals surface area contributed by atoms with Gasteiger partial charge in [-0.25, -0.2) is 4.98 Å². The van der Waals surface area contributed by atoms with E-state index >= 15 is 0 Å². The number of pyridine rings is 1. The Labute approximate surface area is 86.9 Å². The Hall–Kier alpha value is -0.570. The molecule has 2 nitrogen and oxygen atoms in total. The van der Waals surface area contributed by atoms with Crippen LogP contribution in [0, 0.1) is 5.41 Å². The normalized spacial score (nSPS) is 24.1. The molecule has 1 N–H and O–H groups in total. The molecule has 0 radical (unpaired) electrons. The third kappa shape index (κ3) is 2.02. The van der Waals surface area contributed by atoms with Gasteiger partial charge in [-0.3, -0.25) is 0 Å². The Kier molecular flexibility index (Phi) is 2.06. The van der Waals surface area contributed by atoms with Crippen LogP contribution in [-0.2, 0) is 0 Å². The van der Waals surface area contributed by atoms with E-state index in [4.69, 9.17) is 0 Å². The van der Waals surface area contributed by atoms with Crippen LogP contribution in [0.1, 0.15) is 20.3 Å². The topological polar surface area (TPSA) is 24.9 Å². The molecular formula is C10H13BrN2. The van der Waals surface area contributed by atoms with Crippen LogP contribution in [0.5, 0.6) is 0 Å². The molecule has 1 heterocycles. The first kappa shape index (κ1) is 9.00. The molecule has 1 aliphatic carbocycles. The van der Waals surface area contributed by atoms with Crippen LogP contribution in [-0.4, -0.2) is 11.0 Å². The zero-order valence-electron chi connectivity index (χ0n) is 7.84. The Morgan fingerprint density at radius 3 is 2.69 bits per heavy atom. The number of aromatic nitrogens is 1. The van der Waals surface area contributed by atoms with Crippen LogP contribution >= 0.6 is 15.9 Å². The minimum Gasteiger partial charge on any atom is -0.367 e. The molecule has 0 spiro atoms. The molecule has 3 heteroatoms. The molecular weight excluding hydrogens is 228 g/mol. The number of halogens is 1. The molecule has 0 bridgehead atoms. The number of hydrogen-bond acceptors (Lipinski definition) is 2. The van der Waals surface area contributed by atoms with Crippen molar-refractivity contribution in [3.8, 4) is 0 Å². The molecule has 1 saturated carbocycles. The molecule has 1 atom stereocenters. The molecule has 1 aliphatic rings. The maximum Gasteiger partial charge on any atom is 0.126 e. The van der Waals surface area contributed by atoms with Crippen molar-refractivity contribution in [2.24, 2.45) is 5.41 Å². The van der Waals surface area contributed by atoms with Gasteiger partial charge in [0.1, 0.15) is 5.82 Å². The van der Waals surface area contributed by atoms with Crippen LogP contribution in [0.2, 0.25) is 0 Å². The second-order valence-corrected chi connectivity index (χ2v) is 5.17. The van der Waals surface area contributed by atoms with Crippen molar-refractivity contribution in [3.63, 3.8) is 0 Å². The molecule has 1 fully saturated rings. The van der Waals surface area contributed by atoms with Crippen molar-refractivity contribution in [2.45, 2.75) is 26.3 Å². The van der Waals surface area contributed by atoms with Gasteiger partial charge in [0.2, 0.25) is 0 Å². The van der Waals surface area contributed by atoms with Crippen molar-refractivity contribution >= 4 is 21.7 Å². The summed E-state index contributed by atoms with van der Waals surface area (Å²) in [6, 6.07) is 4.60. The molecule has 1 aromatic heterocycles. The highest BCUT2D eigenvalue weighted by Gasteiger charge is 2.45. The molecule has 2 rings (SSSR count). The minimum absolute atomic E-state index is 0.453. The number of hydrogen-bond donors (Lipinski definition) is 1. The van der Waals surface area contributed by atoms with Gasteiger partial charge in [-0.05, 0) is 39.9 Å². The molecule has 0 aromatic carbocycles. The quantitative estimate of drug-likeness (QED) is 0.860. The number of nitrogens with one attached hydrogen (secondary N) is 1. The fourth-order valence-corrected chi connectivity index (χ4v) is 1.59. The molecule has 1 aromatic rings. The van der Waals surface area contributed by atoms with Crippen molar-refractivity contribution < 1.29 is 0 Å². The van der Waals surface area contributed by atoms with Crippen LogP contribution < -0.4 is 5.32 Å². The Balaban J connectivity index is 2.00. The van der Waals surface area contributed by atoms with Gasteiger partial charge in [0.25, 0.3) is 0 Å². The van der Waals surface area contributed by atoms with E-state index in [1.165, 1.54) is 6.42 Å². The maximum atomic E-state index is 4.27. The standard InChI is InChI=1S/C10H13BrN2/c1-10(2)5-8(10)13-9-4-3-7(11)6-12-9/h3-4,6,8H,5H2,1-2H3,(H,12,13). The van der Waals surface area contributed by atoms with Crippen LogP contribution in [0.25, 0.3) is 0 Å². The fraction of sp³-hybridized carbons (Fsp3) is 0.500. The third-order valence-corrected chi connectivity index (χ3v) is 3.03.